The van der Waals surface area contributed by atoms with Crippen molar-refractivity contribution in [1.29, 1.82) is 0 Å². The van der Waals surface area contributed by atoms with E-state index in [1.54, 1.807) is 6.07 Å². The Balaban J connectivity index is 1.69. The maximum Gasteiger partial charge on any atom is 0.123 e. The summed E-state index contributed by atoms with van der Waals surface area (Å²) < 4.78 is 13.4. The smallest absolute Gasteiger partial charge is 0.123 e. The molecule has 0 bridgehead atoms. The molecule has 0 aliphatic carbocycles. The second-order valence-corrected chi connectivity index (χ2v) is 10.9. The molecular formula is C26H38FN3O. The average molecular weight is 428 g/mol. The second kappa shape index (κ2) is 9.27. The molecule has 0 amide bonds. The summed E-state index contributed by atoms with van der Waals surface area (Å²) >= 11 is 0. The van der Waals surface area contributed by atoms with Gasteiger partial charge in [-0.15, -0.1) is 0 Å². The van der Waals surface area contributed by atoms with E-state index in [0.717, 1.165) is 24.1 Å². The number of aliphatic hydroxyl groups excluding tert-OH is 1. The van der Waals surface area contributed by atoms with Crippen LogP contribution in [0.4, 0.5) is 10.1 Å². The molecule has 5 heteroatoms. The first kappa shape index (κ1) is 23.7. The van der Waals surface area contributed by atoms with Crippen LogP contribution in [0.2, 0.25) is 0 Å². The lowest BCUT2D eigenvalue weighted by molar-refractivity contribution is 0.135. The minimum Gasteiger partial charge on any atom is -0.390 e. The Morgan fingerprint density at radius 3 is 2.61 bits per heavy atom. The number of benzene rings is 2. The molecule has 2 aromatic carbocycles. The first-order chi connectivity index (χ1) is 14.4. The van der Waals surface area contributed by atoms with Crippen molar-refractivity contribution in [3.8, 4) is 0 Å². The molecule has 0 saturated carbocycles. The molecule has 4 nitrogen and oxygen atoms in total. The summed E-state index contributed by atoms with van der Waals surface area (Å²) in [6.45, 7) is 11.5. The summed E-state index contributed by atoms with van der Waals surface area (Å²) in [7, 11) is 0. The minimum absolute atomic E-state index is 0.0507. The fourth-order valence-electron chi connectivity index (χ4n) is 4.44. The molecule has 3 rings (SSSR count). The minimum atomic E-state index is -0.720. The van der Waals surface area contributed by atoms with E-state index in [1.165, 1.54) is 23.3 Å². The molecule has 5 N–H and O–H groups in total. The highest BCUT2D eigenvalue weighted by molar-refractivity contribution is 5.58. The van der Waals surface area contributed by atoms with Crippen molar-refractivity contribution in [2.75, 3.05) is 11.9 Å². The Morgan fingerprint density at radius 1 is 1.19 bits per heavy atom. The van der Waals surface area contributed by atoms with Gasteiger partial charge in [-0.25, -0.2) is 4.39 Å². The lowest BCUT2D eigenvalue weighted by atomic mass is 9.82. The Bertz CT molecular complexity index is 890. The number of hydrogen-bond donors (Lipinski definition) is 4. The second-order valence-electron chi connectivity index (χ2n) is 10.9. The van der Waals surface area contributed by atoms with E-state index in [-0.39, 0.29) is 22.8 Å². The third-order valence-electron chi connectivity index (χ3n) is 5.84. The van der Waals surface area contributed by atoms with Crippen LogP contribution in [0.15, 0.2) is 42.5 Å². The zero-order valence-corrected chi connectivity index (χ0v) is 19.5. The van der Waals surface area contributed by atoms with Gasteiger partial charge in [0, 0.05) is 29.9 Å². The van der Waals surface area contributed by atoms with Gasteiger partial charge in [0.05, 0.1) is 6.10 Å². The van der Waals surface area contributed by atoms with Crippen molar-refractivity contribution >= 4 is 5.69 Å². The highest BCUT2D eigenvalue weighted by Gasteiger charge is 2.32. The molecule has 31 heavy (non-hydrogen) atoms. The molecule has 0 aromatic heterocycles. The number of fused-ring (bicyclic) bond motifs is 1. The molecule has 0 spiro atoms. The number of hydrogen-bond acceptors (Lipinski definition) is 4. The van der Waals surface area contributed by atoms with Gasteiger partial charge in [0.1, 0.15) is 5.82 Å². The highest BCUT2D eigenvalue weighted by Crippen LogP contribution is 2.38. The molecule has 0 radical (unpaired) electrons. The number of aliphatic hydroxyl groups is 1. The molecule has 3 atom stereocenters. The van der Waals surface area contributed by atoms with Crippen LogP contribution in [0.25, 0.3) is 0 Å². The van der Waals surface area contributed by atoms with Crippen molar-refractivity contribution in [2.45, 2.75) is 77.6 Å². The van der Waals surface area contributed by atoms with Gasteiger partial charge >= 0.3 is 0 Å². The number of anilines is 1. The van der Waals surface area contributed by atoms with E-state index < -0.39 is 12.1 Å². The Hall–Kier alpha value is -1.95. The fraction of sp³-hybridized carbons (Fsp3) is 0.538. The van der Waals surface area contributed by atoms with Gasteiger partial charge in [-0.2, -0.15) is 0 Å². The van der Waals surface area contributed by atoms with Crippen molar-refractivity contribution < 1.29 is 9.50 Å². The normalized spacial score (nSPS) is 19.9. The van der Waals surface area contributed by atoms with Crippen molar-refractivity contribution in [2.24, 2.45) is 11.1 Å². The van der Waals surface area contributed by atoms with Crippen LogP contribution >= 0.6 is 0 Å². The number of rotatable bonds is 7. The summed E-state index contributed by atoms with van der Waals surface area (Å²) in [5.74, 6) is -0.281. The van der Waals surface area contributed by atoms with Gasteiger partial charge < -0.3 is 21.5 Å². The Labute approximate surface area is 186 Å². The summed E-state index contributed by atoms with van der Waals surface area (Å²) in [6, 6.07) is 12.7. The van der Waals surface area contributed by atoms with E-state index in [9.17, 15) is 9.50 Å². The van der Waals surface area contributed by atoms with Gasteiger partial charge in [0.15, 0.2) is 0 Å². The summed E-state index contributed by atoms with van der Waals surface area (Å²) in [4.78, 5) is 0. The Kier molecular flexibility index (Phi) is 7.09. The van der Waals surface area contributed by atoms with Gasteiger partial charge in [-0.05, 0) is 73.4 Å². The molecule has 1 aliphatic rings. The van der Waals surface area contributed by atoms with Crippen molar-refractivity contribution in [3.63, 3.8) is 0 Å². The van der Waals surface area contributed by atoms with Crippen LogP contribution in [-0.2, 0) is 12.8 Å². The van der Waals surface area contributed by atoms with Gasteiger partial charge in [-0.3, -0.25) is 0 Å². The summed E-state index contributed by atoms with van der Waals surface area (Å²) in [5.41, 5.74) is 10.9. The lowest BCUT2D eigenvalue weighted by Gasteiger charge is -2.40. The number of halogens is 1. The SMILES string of the molecule is CC(C)(C)Cc1ccc2c(c1)C(NC[C@@H](O)[C@@H](N)Cc1cccc(F)c1)CC(C)(C)N2. The summed E-state index contributed by atoms with van der Waals surface area (Å²) in [6.07, 6.45) is 1.63. The van der Waals surface area contributed by atoms with E-state index in [1.807, 2.05) is 6.07 Å². The predicted molar refractivity (Wildman–Crippen MR) is 127 cm³/mol. The van der Waals surface area contributed by atoms with Gasteiger partial charge in [0.25, 0.3) is 0 Å². The number of nitrogens with two attached hydrogens (primary N) is 1. The van der Waals surface area contributed by atoms with Crippen LogP contribution < -0.4 is 16.4 Å². The van der Waals surface area contributed by atoms with E-state index >= 15 is 0 Å². The van der Waals surface area contributed by atoms with Crippen molar-refractivity contribution in [3.05, 3.63) is 65.0 Å². The molecule has 1 unspecified atom stereocenters. The molecule has 1 aliphatic heterocycles. The maximum absolute atomic E-state index is 13.4. The van der Waals surface area contributed by atoms with Crippen LogP contribution in [0, 0.1) is 11.2 Å². The standard InChI is InChI=1S/C26H38FN3O/c1-25(2,3)14-18-9-10-22-20(12-18)23(15-26(4,5)30-22)29-16-24(31)21(28)13-17-7-6-8-19(27)11-17/h6-12,21,23-24,29-31H,13-16,28H2,1-5H3/t21-,23?,24+/m0/s1. The van der Waals surface area contributed by atoms with Gasteiger partial charge in [0.2, 0.25) is 0 Å². The highest BCUT2D eigenvalue weighted by atomic mass is 19.1. The van der Waals surface area contributed by atoms with Crippen LogP contribution in [0.3, 0.4) is 0 Å². The third kappa shape index (κ3) is 6.76. The molecular weight excluding hydrogens is 389 g/mol. The van der Waals surface area contributed by atoms with E-state index in [4.69, 9.17) is 5.73 Å². The Morgan fingerprint density at radius 2 is 1.94 bits per heavy atom. The molecule has 0 fully saturated rings. The topological polar surface area (TPSA) is 70.3 Å². The molecule has 1 heterocycles. The lowest BCUT2D eigenvalue weighted by Crippen LogP contribution is -2.47. The monoisotopic (exact) mass is 427 g/mol. The zero-order chi connectivity index (χ0) is 22.8. The van der Waals surface area contributed by atoms with Gasteiger partial charge in [-0.1, -0.05) is 45.0 Å². The first-order valence-corrected chi connectivity index (χ1v) is 11.2. The predicted octanol–water partition coefficient (Wildman–Crippen LogP) is 4.57. The maximum atomic E-state index is 13.4. The molecule has 0 saturated heterocycles. The zero-order valence-electron chi connectivity index (χ0n) is 19.5. The molecule has 2 aromatic rings. The van der Waals surface area contributed by atoms with Crippen LogP contribution in [-0.4, -0.2) is 29.3 Å². The largest absolute Gasteiger partial charge is 0.390 e. The fourth-order valence-corrected chi connectivity index (χ4v) is 4.44. The van der Waals surface area contributed by atoms with Crippen LogP contribution in [0.1, 0.15) is 63.8 Å². The molecule has 170 valence electrons. The first-order valence-electron chi connectivity index (χ1n) is 11.2. The van der Waals surface area contributed by atoms with E-state index in [0.29, 0.717) is 13.0 Å². The number of nitrogens with one attached hydrogen (secondary N) is 2. The van der Waals surface area contributed by atoms with Crippen molar-refractivity contribution in [1.82, 2.24) is 5.32 Å². The average Bonchev–Trinajstić information content (AvgIpc) is 2.64. The summed E-state index contributed by atoms with van der Waals surface area (Å²) in [5, 5.41) is 17.9. The quantitative estimate of drug-likeness (QED) is 0.522. The van der Waals surface area contributed by atoms with E-state index in [2.05, 4.69) is 63.5 Å². The third-order valence-corrected chi connectivity index (χ3v) is 5.84. The van der Waals surface area contributed by atoms with Crippen LogP contribution in [0.5, 0.6) is 0 Å².